The first kappa shape index (κ1) is 21.9. The molecule has 0 aliphatic carbocycles. The number of carbonyl (C=O) groups excluding carboxylic acids is 3. The standard InChI is InChI=1S/C19H22FN3O6/c1-11-12-5-2-3-6-13(12)22-18(11)23-19(28)29-8-4-7-16(25)21-14(9-17(26)27)15(24)10-20/h2-3,5-6,14,22H,4,7-10H2,1H3,(H,21,25)(H,23,28)(H,26,27)/t14-/m0/s1. The van der Waals surface area contributed by atoms with Crippen LogP contribution in [0.15, 0.2) is 24.3 Å². The van der Waals surface area contributed by atoms with Crippen LogP contribution in [-0.2, 0) is 19.1 Å². The third kappa shape index (κ3) is 6.30. The van der Waals surface area contributed by atoms with Gasteiger partial charge in [0, 0.05) is 17.3 Å². The van der Waals surface area contributed by atoms with Crippen molar-refractivity contribution in [3.05, 3.63) is 29.8 Å². The zero-order chi connectivity index (χ0) is 21.4. The van der Waals surface area contributed by atoms with Gasteiger partial charge in [0.05, 0.1) is 13.0 Å². The van der Waals surface area contributed by atoms with Crippen LogP contribution in [0.5, 0.6) is 0 Å². The highest BCUT2D eigenvalue weighted by molar-refractivity contribution is 5.94. The Morgan fingerprint density at radius 3 is 2.62 bits per heavy atom. The Morgan fingerprint density at radius 1 is 1.24 bits per heavy atom. The number of ether oxygens (including phenoxy) is 1. The lowest BCUT2D eigenvalue weighted by Gasteiger charge is -2.14. The Bertz CT molecular complexity index is 910. The number of carboxylic acids is 1. The SMILES string of the molecule is Cc1c(NC(=O)OCCCC(=O)N[C@@H](CC(=O)O)C(=O)CF)[nH]c2ccccc12. The van der Waals surface area contributed by atoms with Gasteiger partial charge in [-0.2, -0.15) is 0 Å². The number of amides is 2. The van der Waals surface area contributed by atoms with E-state index < -0.39 is 42.9 Å². The fourth-order valence-corrected chi connectivity index (χ4v) is 2.72. The molecular weight excluding hydrogens is 385 g/mol. The summed E-state index contributed by atoms with van der Waals surface area (Å²) in [5, 5.41) is 14.5. The molecular formula is C19H22FN3O6. The van der Waals surface area contributed by atoms with Gasteiger partial charge in [-0.25, -0.2) is 9.18 Å². The summed E-state index contributed by atoms with van der Waals surface area (Å²) in [6.07, 6.45) is -1.36. The van der Waals surface area contributed by atoms with Gasteiger partial charge >= 0.3 is 12.1 Å². The number of rotatable bonds is 10. The van der Waals surface area contributed by atoms with Gasteiger partial charge in [-0.1, -0.05) is 18.2 Å². The maximum atomic E-state index is 12.4. The van der Waals surface area contributed by atoms with Crippen molar-refractivity contribution in [2.75, 3.05) is 18.6 Å². The molecule has 1 atom stereocenters. The Morgan fingerprint density at radius 2 is 1.97 bits per heavy atom. The van der Waals surface area contributed by atoms with E-state index in [2.05, 4.69) is 15.6 Å². The van der Waals surface area contributed by atoms with Gasteiger partial charge in [-0.3, -0.25) is 19.7 Å². The van der Waals surface area contributed by atoms with Crippen molar-refractivity contribution in [2.24, 2.45) is 0 Å². The molecule has 10 heteroatoms. The number of aryl methyl sites for hydroxylation is 1. The molecule has 1 aromatic carbocycles. The first-order valence-corrected chi connectivity index (χ1v) is 8.92. The maximum Gasteiger partial charge on any atom is 0.412 e. The number of alkyl halides is 1. The number of para-hydroxylation sites is 1. The van der Waals surface area contributed by atoms with Crippen LogP contribution in [0, 0.1) is 6.92 Å². The van der Waals surface area contributed by atoms with Crippen molar-refractivity contribution in [3.63, 3.8) is 0 Å². The second-order valence-corrected chi connectivity index (χ2v) is 6.35. The van der Waals surface area contributed by atoms with E-state index in [0.717, 1.165) is 16.5 Å². The average molecular weight is 407 g/mol. The zero-order valence-corrected chi connectivity index (χ0v) is 15.8. The number of carboxylic acid groups (broad SMARTS) is 1. The lowest BCUT2D eigenvalue weighted by Crippen LogP contribution is -2.43. The van der Waals surface area contributed by atoms with Crippen molar-refractivity contribution >= 4 is 40.5 Å². The summed E-state index contributed by atoms with van der Waals surface area (Å²) in [4.78, 5) is 48.8. The van der Waals surface area contributed by atoms with E-state index >= 15 is 0 Å². The van der Waals surface area contributed by atoms with Gasteiger partial charge in [-0.15, -0.1) is 0 Å². The minimum atomic E-state index is -1.42. The fraction of sp³-hybridized carbons (Fsp3) is 0.368. The summed E-state index contributed by atoms with van der Waals surface area (Å²) in [5.41, 5.74) is 1.73. The van der Waals surface area contributed by atoms with Crippen molar-refractivity contribution in [2.45, 2.75) is 32.2 Å². The molecule has 0 saturated carbocycles. The summed E-state index contributed by atoms with van der Waals surface area (Å²) in [6, 6.07) is 6.13. The van der Waals surface area contributed by atoms with Crippen LogP contribution < -0.4 is 10.6 Å². The Kier molecular flexibility index (Phi) is 7.70. The van der Waals surface area contributed by atoms with Crippen molar-refractivity contribution in [1.29, 1.82) is 0 Å². The van der Waals surface area contributed by atoms with Crippen LogP contribution in [-0.4, -0.2) is 53.2 Å². The number of carbonyl (C=O) groups is 4. The number of hydrogen-bond acceptors (Lipinski definition) is 5. The predicted octanol–water partition coefficient (Wildman–Crippen LogP) is 2.30. The molecule has 0 aliphatic heterocycles. The number of aliphatic carboxylic acids is 1. The number of aromatic nitrogens is 1. The molecule has 1 heterocycles. The maximum absolute atomic E-state index is 12.4. The van der Waals surface area contributed by atoms with Crippen LogP contribution in [0.2, 0.25) is 0 Å². The van der Waals surface area contributed by atoms with E-state index in [1.807, 2.05) is 31.2 Å². The molecule has 29 heavy (non-hydrogen) atoms. The van der Waals surface area contributed by atoms with Gasteiger partial charge < -0.3 is 20.1 Å². The Hall–Kier alpha value is -3.43. The molecule has 0 radical (unpaired) electrons. The van der Waals surface area contributed by atoms with Crippen molar-refractivity contribution in [1.82, 2.24) is 10.3 Å². The molecule has 2 amide bonds. The lowest BCUT2D eigenvalue weighted by atomic mass is 10.1. The normalized spacial score (nSPS) is 11.7. The van der Waals surface area contributed by atoms with Crippen LogP contribution >= 0.6 is 0 Å². The quantitative estimate of drug-likeness (QED) is 0.446. The molecule has 1 aromatic heterocycles. The molecule has 0 unspecified atom stereocenters. The molecule has 9 nitrogen and oxygen atoms in total. The highest BCUT2D eigenvalue weighted by atomic mass is 19.1. The highest BCUT2D eigenvalue weighted by Gasteiger charge is 2.23. The van der Waals surface area contributed by atoms with Crippen LogP contribution in [0.25, 0.3) is 10.9 Å². The van der Waals surface area contributed by atoms with E-state index in [4.69, 9.17) is 9.84 Å². The van der Waals surface area contributed by atoms with E-state index in [0.29, 0.717) is 5.82 Å². The molecule has 2 aromatic rings. The Labute approximate surface area is 165 Å². The van der Waals surface area contributed by atoms with Crippen molar-refractivity contribution < 1.29 is 33.4 Å². The monoisotopic (exact) mass is 407 g/mol. The number of anilines is 1. The highest BCUT2D eigenvalue weighted by Crippen LogP contribution is 2.24. The number of nitrogens with one attached hydrogen (secondary N) is 3. The molecule has 2 rings (SSSR count). The topological polar surface area (TPSA) is 138 Å². The average Bonchev–Trinajstić information content (AvgIpc) is 2.99. The number of fused-ring (bicyclic) bond motifs is 1. The summed E-state index contributed by atoms with van der Waals surface area (Å²) >= 11 is 0. The molecule has 4 N–H and O–H groups in total. The minimum Gasteiger partial charge on any atom is -0.481 e. The largest absolute Gasteiger partial charge is 0.481 e. The molecule has 0 saturated heterocycles. The fourth-order valence-electron chi connectivity index (χ4n) is 2.72. The van der Waals surface area contributed by atoms with Gasteiger partial charge in [0.25, 0.3) is 0 Å². The van der Waals surface area contributed by atoms with Crippen LogP contribution in [0.1, 0.15) is 24.8 Å². The molecule has 0 bridgehead atoms. The second kappa shape index (κ2) is 10.2. The van der Waals surface area contributed by atoms with Crippen molar-refractivity contribution in [3.8, 4) is 0 Å². The summed E-state index contributed by atoms with van der Waals surface area (Å²) in [6.45, 7) is 0.416. The zero-order valence-electron chi connectivity index (χ0n) is 15.8. The predicted molar refractivity (Wildman–Crippen MR) is 102 cm³/mol. The smallest absolute Gasteiger partial charge is 0.412 e. The van der Waals surface area contributed by atoms with Gasteiger partial charge in [0.15, 0.2) is 5.78 Å². The van der Waals surface area contributed by atoms with Crippen LogP contribution in [0.3, 0.4) is 0 Å². The van der Waals surface area contributed by atoms with E-state index in [1.165, 1.54) is 0 Å². The third-order valence-corrected chi connectivity index (χ3v) is 4.21. The van der Waals surface area contributed by atoms with E-state index in [1.54, 1.807) is 0 Å². The van der Waals surface area contributed by atoms with E-state index in [9.17, 15) is 23.6 Å². The molecule has 0 aliphatic rings. The number of benzene rings is 1. The first-order chi connectivity index (χ1) is 13.8. The number of Topliss-reactive ketones (excluding diaryl/α,β-unsaturated/α-hetero) is 1. The van der Waals surface area contributed by atoms with Crippen LogP contribution in [0.4, 0.5) is 15.0 Å². The number of H-pyrrole nitrogens is 1. The van der Waals surface area contributed by atoms with Gasteiger partial charge in [0.1, 0.15) is 18.5 Å². The van der Waals surface area contributed by atoms with Gasteiger partial charge in [-0.05, 0) is 25.0 Å². The number of hydrogen-bond donors (Lipinski definition) is 4. The summed E-state index contributed by atoms with van der Waals surface area (Å²) < 4.78 is 17.5. The summed E-state index contributed by atoms with van der Waals surface area (Å²) in [7, 11) is 0. The van der Waals surface area contributed by atoms with Gasteiger partial charge in [0.2, 0.25) is 5.91 Å². The lowest BCUT2D eigenvalue weighted by molar-refractivity contribution is -0.140. The summed E-state index contributed by atoms with van der Waals surface area (Å²) in [5.74, 6) is -2.46. The van der Waals surface area contributed by atoms with E-state index in [-0.39, 0.29) is 19.4 Å². The minimum absolute atomic E-state index is 0.0703. The Balaban J connectivity index is 1.75. The molecule has 156 valence electrons. The number of aromatic amines is 1. The number of halogens is 1. The second-order valence-electron chi connectivity index (χ2n) is 6.35. The first-order valence-electron chi connectivity index (χ1n) is 8.92. The third-order valence-electron chi connectivity index (χ3n) is 4.21. The molecule has 0 spiro atoms. The molecule has 0 fully saturated rings. The number of ketones is 1.